The second-order valence-corrected chi connectivity index (χ2v) is 9.30. The van der Waals surface area contributed by atoms with Crippen LogP contribution in [0.25, 0.3) is 11.8 Å². The van der Waals surface area contributed by atoms with Gasteiger partial charge >= 0.3 is 0 Å². The molecule has 1 N–H and O–H groups in total. The van der Waals surface area contributed by atoms with Crippen LogP contribution in [0.3, 0.4) is 0 Å². The van der Waals surface area contributed by atoms with Crippen LogP contribution >= 0.6 is 0 Å². The second kappa shape index (κ2) is 7.72. The van der Waals surface area contributed by atoms with Crippen LogP contribution in [-0.2, 0) is 6.42 Å². The summed E-state index contributed by atoms with van der Waals surface area (Å²) in [4.78, 5) is 3.71. The minimum Gasteiger partial charge on any atom is -0.389 e. The summed E-state index contributed by atoms with van der Waals surface area (Å²) >= 11 is 0. The molecule has 3 unspecified atom stereocenters. The average Bonchev–Trinajstić information content (AvgIpc) is 3.20. The van der Waals surface area contributed by atoms with Crippen LogP contribution in [0.5, 0.6) is 0 Å². The number of halogens is 1. The number of fused-ring (bicyclic) bond motifs is 2. The molecular formula is C26H28FN3O. The van der Waals surface area contributed by atoms with Crippen molar-refractivity contribution in [3.05, 3.63) is 76.5 Å². The summed E-state index contributed by atoms with van der Waals surface area (Å²) in [5.74, 6) is -0.134. The number of aromatic nitrogens is 2. The van der Waals surface area contributed by atoms with Crippen molar-refractivity contribution in [2.24, 2.45) is 16.3 Å². The first-order valence-electron chi connectivity index (χ1n) is 11.1. The standard InChI is InChI=1S/C26H28FN3O/c1-17-3-8-22(9-4-17)30-23-13-20-6-7-21(26(20,2)15-19(23)16-29-30)14-24(31)18-5-10-25(27)28-12-11-18/h3-5,8-10,12-13,16,21,24,31H,6-7,11,14-15H2,1-2H3. The average molecular weight is 418 g/mol. The van der Waals surface area contributed by atoms with Gasteiger partial charge in [-0.25, -0.2) is 9.67 Å². The van der Waals surface area contributed by atoms with Gasteiger partial charge in [-0.15, -0.1) is 0 Å². The molecule has 1 saturated carbocycles. The first-order valence-corrected chi connectivity index (χ1v) is 11.1. The number of aliphatic hydroxyl groups is 1. The zero-order valence-corrected chi connectivity index (χ0v) is 18.1. The molecule has 3 aliphatic rings. The van der Waals surface area contributed by atoms with E-state index in [0.29, 0.717) is 18.8 Å². The maximum Gasteiger partial charge on any atom is 0.212 e. The first-order chi connectivity index (χ1) is 14.9. The Morgan fingerprint density at radius 3 is 2.87 bits per heavy atom. The Balaban J connectivity index is 1.39. The van der Waals surface area contributed by atoms with Crippen LogP contribution < -0.4 is 0 Å². The van der Waals surface area contributed by atoms with E-state index in [2.05, 4.69) is 49.2 Å². The predicted octanol–water partition coefficient (Wildman–Crippen LogP) is 5.50. The van der Waals surface area contributed by atoms with Crippen LogP contribution in [0.2, 0.25) is 0 Å². The molecule has 5 rings (SSSR count). The number of benzene rings is 1. The summed E-state index contributed by atoms with van der Waals surface area (Å²) in [5.41, 5.74) is 7.07. The maximum atomic E-state index is 13.4. The van der Waals surface area contributed by atoms with Gasteiger partial charge in [-0.3, -0.25) is 0 Å². The molecule has 3 atom stereocenters. The van der Waals surface area contributed by atoms with Gasteiger partial charge in [-0.2, -0.15) is 9.49 Å². The minimum atomic E-state index is -0.577. The Morgan fingerprint density at radius 1 is 1.26 bits per heavy atom. The Bertz CT molecular complexity index is 1120. The van der Waals surface area contributed by atoms with E-state index < -0.39 is 12.1 Å². The van der Waals surface area contributed by atoms with E-state index in [1.165, 1.54) is 28.5 Å². The number of allylic oxidation sites excluding steroid dienone is 3. The van der Waals surface area contributed by atoms with Crippen LogP contribution in [0.4, 0.5) is 4.39 Å². The third kappa shape index (κ3) is 3.61. The van der Waals surface area contributed by atoms with Crippen molar-refractivity contribution in [3.63, 3.8) is 0 Å². The smallest absolute Gasteiger partial charge is 0.212 e. The number of aliphatic hydroxyl groups excluding tert-OH is 1. The van der Waals surface area contributed by atoms with E-state index in [0.717, 1.165) is 30.5 Å². The molecule has 1 aromatic heterocycles. The van der Waals surface area contributed by atoms with Crippen LogP contribution in [0, 0.1) is 18.3 Å². The van der Waals surface area contributed by atoms with E-state index in [-0.39, 0.29) is 5.41 Å². The summed E-state index contributed by atoms with van der Waals surface area (Å²) in [6.07, 6.45) is 12.5. The molecule has 1 aromatic carbocycles. The molecule has 4 nitrogen and oxygen atoms in total. The summed E-state index contributed by atoms with van der Waals surface area (Å²) in [5, 5.41) is 15.6. The topological polar surface area (TPSA) is 50.4 Å². The number of rotatable bonds is 4. The maximum absolute atomic E-state index is 13.4. The van der Waals surface area contributed by atoms with E-state index in [4.69, 9.17) is 5.10 Å². The lowest BCUT2D eigenvalue weighted by Gasteiger charge is -2.37. The molecule has 1 aliphatic heterocycles. The predicted molar refractivity (Wildman–Crippen MR) is 122 cm³/mol. The summed E-state index contributed by atoms with van der Waals surface area (Å²) in [7, 11) is 0. The van der Waals surface area contributed by atoms with Crippen molar-refractivity contribution >= 4 is 12.3 Å². The fraction of sp³-hybridized carbons (Fsp3) is 0.385. The molecule has 31 heavy (non-hydrogen) atoms. The lowest BCUT2D eigenvalue weighted by molar-refractivity contribution is 0.137. The first kappa shape index (κ1) is 20.1. The van der Waals surface area contributed by atoms with E-state index in [1.54, 1.807) is 12.3 Å². The highest BCUT2D eigenvalue weighted by Gasteiger charge is 2.46. The Hall–Kier alpha value is -2.79. The fourth-order valence-electron chi connectivity index (χ4n) is 5.40. The highest BCUT2D eigenvalue weighted by atomic mass is 19.1. The lowest BCUT2D eigenvalue weighted by atomic mass is 9.68. The third-order valence-corrected chi connectivity index (χ3v) is 7.34. The molecule has 5 heteroatoms. The Morgan fingerprint density at radius 2 is 2.06 bits per heavy atom. The van der Waals surface area contributed by atoms with Gasteiger partial charge < -0.3 is 5.11 Å². The third-order valence-electron chi connectivity index (χ3n) is 7.34. The van der Waals surface area contributed by atoms with Gasteiger partial charge in [0.25, 0.3) is 0 Å². The molecule has 0 spiro atoms. The van der Waals surface area contributed by atoms with Gasteiger partial charge in [-0.1, -0.05) is 36.3 Å². The molecular weight excluding hydrogens is 389 g/mol. The zero-order chi connectivity index (χ0) is 21.6. The van der Waals surface area contributed by atoms with Gasteiger partial charge in [0.15, 0.2) is 0 Å². The molecule has 0 bridgehead atoms. The van der Waals surface area contributed by atoms with E-state index in [1.807, 2.05) is 10.9 Å². The highest BCUT2D eigenvalue weighted by molar-refractivity contribution is 5.64. The van der Waals surface area contributed by atoms with Crippen LogP contribution in [-0.4, -0.2) is 27.2 Å². The molecule has 0 saturated heterocycles. The minimum absolute atomic E-state index is 0.0234. The molecule has 0 amide bonds. The molecule has 1 fully saturated rings. The second-order valence-electron chi connectivity index (χ2n) is 9.30. The van der Waals surface area contributed by atoms with Gasteiger partial charge in [0, 0.05) is 12.6 Å². The number of aliphatic imine (C=N–C) groups is 1. The Kier molecular flexibility index (Phi) is 5.01. The van der Waals surface area contributed by atoms with Gasteiger partial charge in [-0.05, 0) is 79.4 Å². The monoisotopic (exact) mass is 417 g/mol. The van der Waals surface area contributed by atoms with Crippen molar-refractivity contribution in [1.82, 2.24) is 9.78 Å². The van der Waals surface area contributed by atoms with Gasteiger partial charge in [0.1, 0.15) is 0 Å². The van der Waals surface area contributed by atoms with Crippen molar-refractivity contribution in [3.8, 4) is 5.69 Å². The van der Waals surface area contributed by atoms with Crippen molar-refractivity contribution in [2.45, 2.75) is 52.1 Å². The van der Waals surface area contributed by atoms with E-state index in [9.17, 15) is 9.50 Å². The number of hydrogen-bond acceptors (Lipinski definition) is 3. The van der Waals surface area contributed by atoms with Crippen LogP contribution in [0.15, 0.2) is 64.7 Å². The largest absolute Gasteiger partial charge is 0.389 e. The number of hydrogen-bond donors (Lipinski definition) is 1. The summed E-state index contributed by atoms with van der Waals surface area (Å²) in [6, 6.07) is 8.46. The SMILES string of the molecule is Cc1ccc(-n2ncc3c2C=C2CCC(CC(O)C4=CC=C(F)N=CC4)C2(C)C3)cc1. The summed E-state index contributed by atoms with van der Waals surface area (Å²) < 4.78 is 15.4. The highest BCUT2D eigenvalue weighted by Crippen LogP contribution is 2.54. The quantitative estimate of drug-likeness (QED) is 0.668. The molecule has 2 heterocycles. The molecule has 0 radical (unpaired) electrons. The van der Waals surface area contributed by atoms with Crippen molar-refractivity contribution in [2.75, 3.05) is 0 Å². The van der Waals surface area contributed by atoms with Crippen molar-refractivity contribution < 1.29 is 9.50 Å². The molecule has 2 aromatic rings. The lowest BCUT2D eigenvalue weighted by Crippen LogP contribution is -2.31. The Labute approximate surface area is 182 Å². The summed E-state index contributed by atoms with van der Waals surface area (Å²) in [6.45, 7) is 4.42. The normalized spacial score (nSPS) is 25.8. The number of aryl methyl sites for hydroxylation is 1. The molecule has 160 valence electrons. The van der Waals surface area contributed by atoms with Crippen molar-refractivity contribution in [1.29, 1.82) is 0 Å². The van der Waals surface area contributed by atoms with Crippen LogP contribution in [0.1, 0.15) is 49.4 Å². The fourth-order valence-corrected chi connectivity index (χ4v) is 5.40. The van der Waals surface area contributed by atoms with Gasteiger partial charge in [0.05, 0.1) is 23.7 Å². The molecule has 2 aliphatic carbocycles. The zero-order valence-electron chi connectivity index (χ0n) is 18.1. The number of nitrogens with zero attached hydrogens (tertiary/aromatic N) is 3. The van der Waals surface area contributed by atoms with Gasteiger partial charge in [0.2, 0.25) is 5.95 Å². The van der Waals surface area contributed by atoms with E-state index >= 15 is 0 Å².